The maximum Gasteiger partial charge on any atom is 0.162 e. The van der Waals surface area contributed by atoms with Gasteiger partial charge in [-0.2, -0.15) is 10.5 Å². The Balaban J connectivity index is 2.31. The van der Waals surface area contributed by atoms with Crippen LogP contribution in [0, 0.1) is 22.7 Å². The van der Waals surface area contributed by atoms with E-state index in [1.165, 1.54) is 50.7 Å². The molecule has 0 unspecified atom stereocenters. The van der Waals surface area contributed by atoms with Gasteiger partial charge in [-0.25, -0.2) is 0 Å². The molecule has 1 aromatic carbocycles. The van der Waals surface area contributed by atoms with Gasteiger partial charge in [0.25, 0.3) is 0 Å². The summed E-state index contributed by atoms with van der Waals surface area (Å²) in [5.41, 5.74) is 0.481. The molecule has 8 nitrogen and oxygen atoms in total. The Morgan fingerprint density at radius 1 is 0.500 bits per heavy atom. The lowest BCUT2D eigenvalue weighted by atomic mass is 10.1. The largest absolute Gasteiger partial charge is 0.487 e. The van der Waals surface area contributed by atoms with Gasteiger partial charge in [0.1, 0.15) is 25.4 Å². The van der Waals surface area contributed by atoms with Crippen LogP contribution >= 0.6 is 0 Å². The minimum Gasteiger partial charge on any atom is -0.487 e. The van der Waals surface area contributed by atoms with Gasteiger partial charge in [0, 0.05) is 25.3 Å². The molecule has 36 heavy (non-hydrogen) atoms. The molecule has 0 amide bonds. The van der Waals surface area contributed by atoms with Crippen LogP contribution in [0.4, 0.5) is 0 Å². The molecule has 0 bridgehead atoms. The number of rotatable bonds is 24. The van der Waals surface area contributed by atoms with E-state index in [-0.39, 0.29) is 24.3 Å². The Bertz CT molecular complexity index is 697. The smallest absolute Gasteiger partial charge is 0.162 e. The second-order valence-corrected chi connectivity index (χ2v) is 8.34. The van der Waals surface area contributed by atoms with E-state index in [1.807, 2.05) is 12.1 Å². The molecule has 0 spiro atoms. The second kappa shape index (κ2) is 23.1. The zero-order valence-corrected chi connectivity index (χ0v) is 22.2. The van der Waals surface area contributed by atoms with Crippen molar-refractivity contribution in [2.45, 2.75) is 65.2 Å². The van der Waals surface area contributed by atoms with Crippen molar-refractivity contribution in [3.05, 3.63) is 23.3 Å². The highest BCUT2D eigenvalue weighted by atomic mass is 16.6. The lowest BCUT2D eigenvalue weighted by Gasteiger charge is -2.14. The van der Waals surface area contributed by atoms with Crippen molar-refractivity contribution in [1.82, 2.24) is 0 Å². The molecule has 0 N–H and O–H groups in total. The maximum absolute atomic E-state index is 9.33. The second-order valence-electron chi connectivity index (χ2n) is 8.34. The molecule has 0 aromatic heterocycles. The molecule has 0 radical (unpaired) electrons. The zero-order chi connectivity index (χ0) is 26.1. The van der Waals surface area contributed by atoms with Crippen molar-refractivity contribution in [2.75, 3.05) is 66.1 Å². The first-order chi connectivity index (χ1) is 17.8. The third-order valence-electron chi connectivity index (χ3n) is 5.32. The van der Waals surface area contributed by atoms with Crippen LogP contribution in [0.3, 0.4) is 0 Å². The van der Waals surface area contributed by atoms with E-state index >= 15 is 0 Å². The van der Waals surface area contributed by atoms with Crippen LogP contribution in [0.1, 0.15) is 76.3 Å². The maximum atomic E-state index is 9.33. The van der Waals surface area contributed by atoms with Gasteiger partial charge in [0.05, 0.1) is 50.8 Å². The minimum atomic E-state index is 0.240. The lowest BCUT2D eigenvalue weighted by Crippen LogP contribution is -2.13. The van der Waals surface area contributed by atoms with Crippen molar-refractivity contribution < 1.29 is 28.4 Å². The third kappa shape index (κ3) is 15.6. The molecule has 0 heterocycles. The van der Waals surface area contributed by atoms with E-state index in [0.29, 0.717) is 51.1 Å². The van der Waals surface area contributed by atoms with E-state index in [9.17, 15) is 10.5 Å². The average molecular weight is 505 g/mol. The number of unbranched alkanes of at least 4 members (excludes halogenated alkanes) is 6. The fraction of sp³-hybridized carbons (Fsp3) is 0.714. The molecular formula is C28H44N2O6. The number of benzene rings is 1. The molecule has 8 heteroatoms. The van der Waals surface area contributed by atoms with E-state index in [4.69, 9.17) is 28.4 Å². The molecule has 0 aliphatic rings. The summed E-state index contributed by atoms with van der Waals surface area (Å²) in [5, 5.41) is 18.7. The summed E-state index contributed by atoms with van der Waals surface area (Å²) in [6.45, 7) is 9.34. The third-order valence-corrected chi connectivity index (χ3v) is 5.32. The Kier molecular flexibility index (Phi) is 20.3. The number of nitrogens with zero attached hydrogens (tertiary/aromatic N) is 2. The SMILES string of the molecule is CCCCCCOCCOCCOc1cc(C#N)c(C#N)cc1OCCOCCOCCCCCC. The van der Waals surface area contributed by atoms with E-state index in [0.717, 1.165) is 26.1 Å². The average Bonchev–Trinajstić information content (AvgIpc) is 2.90. The Morgan fingerprint density at radius 2 is 0.861 bits per heavy atom. The highest BCUT2D eigenvalue weighted by molar-refractivity contribution is 5.56. The standard InChI is InChI=1S/C28H44N2O6/c1-3-5-7-9-11-31-13-15-33-17-19-35-27-21-25(23-29)26(24-30)22-28(27)36-20-18-34-16-14-32-12-10-8-6-4-2/h21-22H,3-20H2,1-2H3. The van der Waals surface area contributed by atoms with Crippen LogP contribution in [-0.2, 0) is 18.9 Å². The van der Waals surface area contributed by atoms with Crippen LogP contribution in [0.15, 0.2) is 12.1 Å². The number of hydrogen-bond acceptors (Lipinski definition) is 8. The highest BCUT2D eigenvalue weighted by Crippen LogP contribution is 2.30. The zero-order valence-electron chi connectivity index (χ0n) is 22.2. The summed E-state index contributed by atoms with van der Waals surface area (Å²) in [6.07, 6.45) is 9.48. The summed E-state index contributed by atoms with van der Waals surface area (Å²) in [5.74, 6) is 0.800. The van der Waals surface area contributed by atoms with Crippen molar-refractivity contribution in [3.63, 3.8) is 0 Å². The first-order valence-corrected chi connectivity index (χ1v) is 13.3. The summed E-state index contributed by atoms with van der Waals surface area (Å²) >= 11 is 0. The molecule has 0 aliphatic carbocycles. The van der Waals surface area contributed by atoms with Gasteiger partial charge in [0.2, 0.25) is 0 Å². The summed E-state index contributed by atoms with van der Waals surface area (Å²) in [7, 11) is 0. The Labute approximate surface area is 217 Å². The van der Waals surface area contributed by atoms with Crippen molar-refractivity contribution in [2.24, 2.45) is 0 Å². The predicted molar refractivity (Wildman–Crippen MR) is 138 cm³/mol. The Morgan fingerprint density at radius 3 is 1.22 bits per heavy atom. The number of hydrogen-bond donors (Lipinski definition) is 0. The van der Waals surface area contributed by atoms with E-state index < -0.39 is 0 Å². The molecular weight excluding hydrogens is 460 g/mol. The number of nitriles is 2. The van der Waals surface area contributed by atoms with Gasteiger partial charge in [-0.3, -0.25) is 0 Å². The van der Waals surface area contributed by atoms with Gasteiger partial charge in [-0.1, -0.05) is 52.4 Å². The molecule has 1 aromatic rings. The van der Waals surface area contributed by atoms with Crippen LogP contribution < -0.4 is 9.47 Å². The van der Waals surface area contributed by atoms with Crippen molar-refractivity contribution in [1.29, 1.82) is 10.5 Å². The molecule has 202 valence electrons. The normalized spacial score (nSPS) is 10.7. The van der Waals surface area contributed by atoms with Crippen LogP contribution in [0.25, 0.3) is 0 Å². The van der Waals surface area contributed by atoms with Crippen molar-refractivity contribution >= 4 is 0 Å². The summed E-state index contributed by atoms with van der Waals surface area (Å²) in [6, 6.07) is 7.11. The first kappa shape index (κ1) is 31.7. The monoisotopic (exact) mass is 504 g/mol. The lowest BCUT2D eigenvalue weighted by molar-refractivity contribution is 0.0321. The fourth-order valence-electron chi connectivity index (χ4n) is 3.30. The van der Waals surface area contributed by atoms with Gasteiger partial charge < -0.3 is 28.4 Å². The van der Waals surface area contributed by atoms with Crippen LogP contribution in [0.5, 0.6) is 11.5 Å². The molecule has 0 saturated heterocycles. The summed E-state index contributed by atoms with van der Waals surface area (Å²) < 4.78 is 33.8. The first-order valence-electron chi connectivity index (χ1n) is 13.3. The van der Waals surface area contributed by atoms with E-state index in [1.54, 1.807) is 0 Å². The molecule has 1 rings (SSSR count). The van der Waals surface area contributed by atoms with Gasteiger partial charge >= 0.3 is 0 Å². The van der Waals surface area contributed by atoms with E-state index in [2.05, 4.69) is 13.8 Å². The fourth-order valence-corrected chi connectivity index (χ4v) is 3.30. The molecule has 0 atom stereocenters. The van der Waals surface area contributed by atoms with Gasteiger partial charge in [-0.05, 0) is 12.8 Å². The molecule has 0 aliphatic heterocycles. The molecule has 0 saturated carbocycles. The summed E-state index contributed by atoms with van der Waals surface area (Å²) in [4.78, 5) is 0. The van der Waals surface area contributed by atoms with Gasteiger partial charge in [-0.15, -0.1) is 0 Å². The van der Waals surface area contributed by atoms with Crippen LogP contribution in [0.2, 0.25) is 0 Å². The minimum absolute atomic E-state index is 0.240. The van der Waals surface area contributed by atoms with Crippen molar-refractivity contribution in [3.8, 4) is 23.6 Å². The molecule has 0 fully saturated rings. The van der Waals surface area contributed by atoms with Crippen LogP contribution in [-0.4, -0.2) is 66.1 Å². The topological polar surface area (TPSA) is 103 Å². The number of ether oxygens (including phenoxy) is 6. The Hall–Kier alpha value is -2.36. The predicted octanol–water partition coefficient (Wildman–Crippen LogP) is 5.41. The quantitative estimate of drug-likeness (QED) is 0.172. The van der Waals surface area contributed by atoms with Gasteiger partial charge in [0.15, 0.2) is 11.5 Å². The highest BCUT2D eigenvalue weighted by Gasteiger charge is 2.12.